The highest BCUT2D eigenvalue weighted by molar-refractivity contribution is 5.80. The summed E-state index contributed by atoms with van der Waals surface area (Å²) in [5.41, 5.74) is 6.67. The first kappa shape index (κ1) is 14.4. The lowest BCUT2D eigenvalue weighted by atomic mass is 10.2. The molecule has 1 saturated carbocycles. The van der Waals surface area contributed by atoms with E-state index in [1.165, 1.54) is 12.1 Å². The summed E-state index contributed by atoms with van der Waals surface area (Å²) in [5, 5.41) is 5.91. The second-order valence-electron chi connectivity index (χ2n) is 4.79. The highest BCUT2D eigenvalue weighted by Crippen LogP contribution is 2.29. The van der Waals surface area contributed by atoms with Crippen LogP contribution < -0.4 is 21.1 Å². The maximum absolute atomic E-state index is 13.5. The Morgan fingerprint density at radius 1 is 1.45 bits per heavy atom. The Balaban J connectivity index is 1.84. The molecule has 6 heteroatoms. The average molecular weight is 281 g/mol. The second-order valence-corrected chi connectivity index (χ2v) is 4.79. The zero-order chi connectivity index (χ0) is 14.5. The number of carbonyl (C=O) groups is 1. The van der Waals surface area contributed by atoms with Crippen LogP contribution >= 0.6 is 0 Å². The minimum Gasteiger partial charge on any atom is -0.491 e. The van der Waals surface area contributed by atoms with Crippen molar-refractivity contribution in [2.45, 2.75) is 19.8 Å². The van der Waals surface area contributed by atoms with Crippen LogP contribution in [0.4, 0.5) is 15.8 Å². The van der Waals surface area contributed by atoms with Crippen molar-refractivity contribution in [2.75, 3.05) is 30.7 Å². The molecule has 0 unspecified atom stereocenters. The molecule has 1 aliphatic rings. The smallest absolute Gasteiger partial charge is 0.223 e. The van der Waals surface area contributed by atoms with Gasteiger partial charge in [0.1, 0.15) is 0 Å². The van der Waals surface area contributed by atoms with Gasteiger partial charge < -0.3 is 21.1 Å². The van der Waals surface area contributed by atoms with E-state index in [4.69, 9.17) is 10.5 Å². The number of nitrogens with one attached hydrogen (secondary N) is 2. The molecule has 110 valence electrons. The van der Waals surface area contributed by atoms with Gasteiger partial charge in [0.25, 0.3) is 0 Å². The van der Waals surface area contributed by atoms with Gasteiger partial charge in [-0.1, -0.05) is 0 Å². The van der Waals surface area contributed by atoms with E-state index in [0.29, 0.717) is 31.1 Å². The quantitative estimate of drug-likeness (QED) is 0.525. The van der Waals surface area contributed by atoms with E-state index < -0.39 is 5.82 Å². The molecule has 0 radical (unpaired) electrons. The van der Waals surface area contributed by atoms with Gasteiger partial charge in [0, 0.05) is 31.1 Å². The molecule has 2 rings (SSSR count). The van der Waals surface area contributed by atoms with Crippen molar-refractivity contribution in [1.82, 2.24) is 5.32 Å². The van der Waals surface area contributed by atoms with E-state index >= 15 is 0 Å². The third-order valence-electron chi connectivity index (χ3n) is 3.09. The molecule has 5 nitrogen and oxygen atoms in total. The number of rotatable bonds is 7. The van der Waals surface area contributed by atoms with Crippen molar-refractivity contribution < 1.29 is 13.9 Å². The van der Waals surface area contributed by atoms with Crippen LogP contribution in [0, 0.1) is 11.7 Å². The van der Waals surface area contributed by atoms with E-state index in [1.807, 2.05) is 0 Å². The van der Waals surface area contributed by atoms with E-state index in [0.717, 1.165) is 12.8 Å². The minimum atomic E-state index is -0.475. The minimum absolute atomic E-state index is 0.105. The first-order valence-corrected chi connectivity index (χ1v) is 6.85. The number of hydrogen-bond acceptors (Lipinski definition) is 4. The number of carbonyl (C=O) groups excluding carboxylic acids is 1. The second kappa shape index (κ2) is 6.45. The fourth-order valence-corrected chi connectivity index (χ4v) is 1.86. The van der Waals surface area contributed by atoms with Crippen LogP contribution in [-0.4, -0.2) is 25.6 Å². The molecule has 0 saturated heterocycles. The molecule has 20 heavy (non-hydrogen) atoms. The molecule has 0 aromatic heterocycles. The van der Waals surface area contributed by atoms with Crippen molar-refractivity contribution in [2.24, 2.45) is 5.92 Å². The molecule has 0 spiro atoms. The Hall–Kier alpha value is -1.98. The Bertz CT molecular complexity index is 490. The summed E-state index contributed by atoms with van der Waals surface area (Å²) in [7, 11) is 0. The number of hydrogen-bond donors (Lipinski definition) is 3. The Morgan fingerprint density at radius 3 is 2.85 bits per heavy atom. The molecule has 0 aliphatic heterocycles. The van der Waals surface area contributed by atoms with Crippen molar-refractivity contribution in [3.8, 4) is 5.75 Å². The normalized spacial score (nSPS) is 13.9. The summed E-state index contributed by atoms with van der Waals surface area (Å²) in [6, 6.07) is 2.77. The predicted molar refractivity (Wildman–Crippen MR) is 76.2 cm³/mol. The third kappa shape index (κ3) is 3.76. The van der Waals surface area contributed by atoms with Crippen LogP contribution in [-0.2, 0) is 4.79 Å². The molecule has 1 fully saturated rings. The Morgan fingerprint density at radius 2 is 2.20 bits per heavy atom. The summed E-state index contributed by atoms with van der Waals surface area (Å²) >= 11 is 0. The Kier molecular flexibility index (Phi) is 4.65. The zero-order valence-corrected chi connectivity index (χ0v) is 11.5. The van der Waals surface area contributed by atoms with Crippen LogP contribution in [0.15, 0.2) is 12.1 Å². The number of anilines is 2. The van der Waals surface area contributed by atoms with Gasteiger partial charge in [-0.15, -0.1) is 0 Å². The van der Waals surface area contributed by atoms with Gasteiger partial charge in [-0.3, -0.25) is 4.79 Å². The molecular weight excluding hydrogens is 261 g/mol. The van der Waals surface area contributed by atoms with Gasteiger partial charge >= 0.3 is 0 Å². The fraction of sp³-hybridized carbons (Fsp3) is 0.500. The zero-order valence-electron chi connectivity index (χ0n) is 11.5. The summed E-state index contributed by atoms with van der Waals surface area (Å²) in [6.45, 7) is 3.21. The van der Waals surface area contributed by atoms with Crippen LogP contribution in [0.3, 0.4) is 0 Å². The van der Waals surface area contributed by atoms with Crippen molar-refractivity contribution in [1.29, 1.82) is 0 Å². The van der Waals surface area contributed by atoms with Gasteiger partial charge in [0.05, 0.1) is 18.0 Å². The first-order valence-electron chi connectivity index (χ1n) is 6.85. The monoisotopic (exact) mass is 281 g/mol. The molecule has 1 aromatic rings. The number of ether oxygens (including phenoxy) is 1. The lowest BCUT2D eigenvalue weighted by molar-refractivity contribution is -0.122. The van der Waals surface area contributed by atoms with Crippen LogP contribution in [0.1, 0.15) is 19.8 Å². The summed E-state index contributed by atoms with van der Waals surface area (Å²) in [6.07, 6.45) is 1.98. The van der Waals surface area contributed by atoms with Gasteiger partial charge in [0.2, 0.25) is 5.91 Å². The lowest BCUT2D eigenvalue weighted by Crippen LogP contribution is -2.29. The van der Waals surface area contributed by atoms with Crippen LogP contribution in [0.5, 0.6) is 5.75 Å². The van der Waals surface area contributed by atoms with E-state index in [1.54, 1.807) is 6.92 Å². The van der Waals surface area contributed by atoms with E-state index in [2.05, 4.69) is 10.6 Å². The maximum atomic E-state index is 13.5. The SMILES string of the molecule is CCOc1cc(NCCNC(=O)C2CC2)c(N)cc1F. The van der Waals surface area contributed by atoms with Crippen LogP contribution in [0.2, 0.25) is 0 Å². The number of nitrogen functional groups attached to an aromatic ring is 1. The number of amides is 1. The van der Waals surface area contributed by atoms with Crippen molar-refractivity contribution >= 4 is 17.3 Å². The largest absolute Gasteiger partial charge is 0.491 e. The molecule has 1 aromatic carbocycles. The number of benzene rings is 1. The third-order valence-corrected chi connectivity index (χ3v) is 3.09. The van der Waals surface area contributed by atoms with Crippen LogP contribution in [0.25, 0.3) is 0 Å². The predicted octanol–water partition coefficient (Wildman–Crippen LogP) is 1.74. The molecule has 0 atom stereocenters. The summed E-state index contributed by atoms with van der Waals surface area (Å²) in [5.74, 6) is 0.00693. The van der Waals surface area contributed by atoms with Crippen molar-refractivity contribution in [3.05, 3.63) is 17.9 Å². The molecule has 0 bridgehead atoms. The first-order chi connectivity index (χ1) is 9.61. The number of nitrogens with two attached hydrogens (primary N) is 1. The van der Waals surface area contributed by atoms with Crippen molar-refractivity contribution in [3.63, 3.8) is 0 Å². The Labute approximate surface area is 117 Å². The standard InChI is InChI=1S/C14H20FN3O2/c1-2-20-13-8-12(11(16)7-10(13)15)17-5-6-18-14(19)9-3-4-9/h7-9,17H,2-6,16H2,1H3,(H,18,19). The molecule has 1 amide bonds. The molecule has 0 heterocycles. The lowest BCUT2D eigenvalue weighted by Gasteiger charge is -2.13. The fourth-order valence-electron chi connectivity index (χ4n) is 1.86. The highest BCUT2D eigenvalue weighted by Gasteiger charge is 2.28. The van der Waals surface area contributed by atoms with Gasteiger partial charge in [-0.2, -0.15) is 0 Å². The van der Waals surface area contributed by atoms with E-state index in [-0.39, 0.29) is 17.6 Å². The summed E-state index contributed by atoms with van der Waals surface area (Å²) in [4.78, 5) is 11.4. The molecule has 4 N–H and O–H groups in total. The molecular formula is C14H20FN3O2. The topological polar surface area (TPSA) is 76.4 Å². The highest BCUT2D eigenvalue weighted by atomic mass is 19.1. The van der Waals surface area contributed by atoms with E-state index in [9.17, 15) is 9.18 Å². The average Bonchev–Trinajstić information content (AvgIpc) is 3.23. The van der Waals surface area contributed by atoms with Gasteiger partial charge in [-0.05, 0) is 19.8 Å². The maximum Gasteiger partial charge on any atom is 0.223 e. The number of halogens is 1. The van der Waals surface area contributed by atoms with Gasteiger partial charge in [-0.25, -0.2) is 4.39 Å². The van der Waals surface area contributed by atoms with Gasteiger partial charge in [0.15, 0.2) is 11.6 Å². The molecule has 1 aliphatic carbocycles. The summed E-state index contributed by atoms with van der Waals surface area (Å²) < 4.78 is 18.7.